The zero-order chi connectivity index (χ0) is 21.9. The van der Waals surface area contributed by atoms with Crippen molar-refractivity contribution in [1.29, 1.82) is 0 Å². The first-order valence-corrected chi connectivity index (χ1v) is 11.2. The Kier molecular flexibility index (Phi) is 11.2. The minimum atomic E-state index is -0.103. The Bertz CT molecular complexity index is 450. The number of nitrogens with zero attached hydrogens (tertiary/aromatic N) is 2. The van der Waals surface area contributed by atoms with Crippen LogP contribution in [0.25, 0.3) is 0 Å². The number of ether oxygens (including phenoxy) is 2. The van der Waals surface area contributed by atoms with Gasteiger partial charge in [-0.2, -0.15) is 0 Å². The highest BCUT2D eigenvalue weighted by Crippen LogP contribution is 2.18. The third-order valence-electron chi connectivity index (χ3n) is 5.18. The van der Waals surface area contributed by atoms with Gasteiger partial charge in [0.15, 0.2) is 0 Å². The lowest BCUT2D eigenvalue weighted by Crippen LogP contribution is -2.33. The van der Waals surface area contributed by atoms with Gasteiger partial charge in [0.25, 0.3) is 0 Å². The standard InChI is InChI=1S/C23H44N2O4/c1-22(2,3)10-18-28-20(26)8-14-24-12-7-13-25(17-16-24)15-9-21(27)29-19-11-23(4,5)6/h7-19H2,1-6H3. The van der Waals surface area contributed by atoms with Gasteiger partial charge in [0.1, 0.15) is 0 Å². The zero-order valence-electron chi connectivity index (χ0n) is 19.7. The summed E-state index contributed by atoms with van der Waals surface area (Å²) in [5.41, 5.74) is 0.376. The molecule has 1 aliphatic heterocycles. The Labute approximate surface area is 178 Å². The quantitative estimate of drug-likeness (QED) is 0.510. The second-order valence-electron chi connectivity index (χ2n) is 10.6. The van der Waals surface area contributed by atoms with Gasteiger partial charge in [-0.1, -0.05) is 41.5 Å². The van der Waals surface area contributed by atoms with Crippen LogP contribution in [-0.2, 0) is 19.1 Å². The van der Waals surface area contributed by atoms with Gasteiger partial charge >= 0.3 is 11.9 Å². The predicted molar refractivity (Wildman–Crippen MR) is 117 cm³/mol. The molecule has 170 valence electrons. The van der Waals surface area contributed by atoms with Crippen LogP contribution in [0.5, 0.6) is 0 Å². The van der Waals surface area contributed by atoms with Crippen LogP contribution >= 0.6 is 0 Å². The fourth-order valence-electron chi connectivity index (χ4n) is 3.06. The average Bonchev–Trinajstić information content (AvgIpc) is 2.81. The lowest BCUT2D eigenvalue weighted by molar-refractivity contribution is -0.145. The predicted octanol–water partition coefficient (Wildman–Crippen LogP) is 3.73. The first-order chi connectivity index (χ1) is 13.4. The summed E-state index contributed by atoms with van der Waals surface area (Å²) in [4.78, 5) is 28.5. The van der Waals surface area contributed by atoms with E-state index in [-0.39, 0.29) is 22.8 Å². The van der Waals surface area contributed by atoms with Crippen LogP contribution in [-0.4, -0.2) is 74.2 Å². The summed E-state index contributed by atoms with van der Waals surface area (Å²) in [6, 6.07) is 0. The van der Waals surface area contributed by atoms with Crippen molar-refractivity contribution >= 4 is 11.9 Å². The lowest BCUT2D eigenvalue weighted by atomic mass is 9.93. The molecular formula is C23H44N2O4. The molecule has 1 rings (SSSR count). The van der Waals surface area contributed by atoms with Crippen molar-refractivity contribution in [3.63, 3.8) is 0 Å². The highest BCUT2D eigenvalue weighted by atomic mass is 16.5. The van der Waals surface area contributed by atoms with Crippen molar-refractivity contribution in [3.05, 3.63) is 0 Å². The fourth-order valence-corrected chi connectivity index (χ4v) is 3.06. The van der Waals surface area contributed by atoms with Gasteiger partial charge in [-0.25, -0.2) is 0 Å². The van der Waals surface area contributed by atoms with Gasteiger partial charge in [0, 0.05) is 26.2 Å². The minimum absolute atomic E-state index is 0.103. The van der Waals surface area contributed by atoms with Gasteiger partial charge in [-0.15, -0.1) is 0 Å². The summed E-state index contributed by atoms with van der Waals surface area (Å²) in [6.45, 7) is 19.2. The molecule has 0 N–H and O–H groups in total. The topological polar surface area (TPSA) is 59.1 Å². The Morgan fingerprint density at radius 3 is 1.41 bits per heavy atom. The van der Waals surface area contributed by atoms with E-state index in [9.17, 15) is 9.59 Å². The van der Waals surface area contributed by atoms with Gasteiger partial charge in [-0.05, 0) is 43.2 Å². The highest BCUT2D eigenvalue weighted by Gasteiger charge is 2.18. The number of carbonyl (C=O) groups is 2. The summed E-state index contributed by atoms with van der Waals surface area (Å²) in [5.74, 6) is -0.207. The van der Waals surface area contributed by atoms with E-state index >= 15 is 0 Å². The third kappa shape index (κ3) is 14.5. The summed E-state index contributed by atoms with van der Waals surface area (Å²) in [7, 11) is 0. The van der Waals surface area contributed by atoms with E-state index in [1.165, 1.54) is 0 Å². The van der Waals surface area contributed by atoms with E-state index in [0.717, 1.165) is 58.5 Å². The van der Waals surface area contributed by atoms with Crippen molar-refractivity contribution in [2.45, 2.75) is 73.6 Å². The maximum absolute atomic E-state index is 11.9. The first kappa shape index (κ1) is 25.9. The molecule has 0 aromatic heterocycles. The van der Waals surface area contributed by atoms with Gasteiger partial charge in [0.2, 0.25) is 0 Å². The van der Waals surface area contributed by atoms with Gasteiger partial charge < -0.3 is 19.3 Å². The SMILES string of the molecule is CC(C)(C)CCOC(=O)CCN1CCCN(CCC(=O)OCCC(C)(C)C)CC1. The normalized spacial score (nSPS) is 17.0. The molecule has 1 aliphatic rings. The lowest BCUT2D eigenvalue weighted by Gasteiger charge is -2.22. The van der Waals surface area contributed by atoms with Crippen molar-refractivity contribution in [2.75, 3.05) is 52.5 Å². The molecule has 0 atom stereocenters. The largest absolute Gasteiger partial charge is 0.466 e. The number of carbonyl (C=O) groups excluding carboxylic acids is 2. The van der Waals surface area contributed by atoms with E-state index in [1.807, 2.05) is 0 Å². The number of hydrogen-bond donors (Lipinski definition) is 0. The first-order valence-electron chi connectivity index (χ1n) is 11.2. The van der Waals surface area contributed by atoms with Crippen LogP contribution in [0.1, 0.15) is 73.6 Å². The summed E-state index contributed by atoms with van der Waals surface area (Å²) >= 11 is 0. The van der Waals surface area contributed by atoms with Crippen LogP contribution in [0.15, 0.2) is 0 Å². The minimum Gasteiger partial charge on any atom is -0.466 e. The fraction of sp³-hybridized carbons (Fsp3) is 0.913. The number of esters is 2. The molecule has 6 heteroatoms. The highest BCUT2D eigenvalue weighted by molar-refractivity contribution is 5.69. The summed E-state index contributed by atoms with van der Waals surface area (Å²) in [6.07, 6.45) is 3.72. The van der Waals surface area contributed by atoms with Crippen LogP contribution in [0.4, 0.5) is 0 Å². The third-order valence-corrected chi connectivity index (χ3v) is 5.18. The molecule has 29 heavy (non-hydrogen) atoms. The summed E-state index contributed by atoms with van der Waals surface area (Å²) in [5, 5.41) is 0. The van der Waals surface area contributed by atoms with E-state index in [2.05, 4.69) is 51.3 Å². The maximum atomic E-state index is 11.9. The van der Waals surface area contributed by atoms with Crippen LogP contribution in [0, 0.1) is 10.8 Å². The van der Waals surface area contributed by atoms with Crippen LogP contribution in [0.3, 0.4) is 0 Å². The Morgan fingerprint density at radius 1 is 0.690 bits per heavy atom. The molecule has 0 saturated carbocycles. The van der Waals surface area contributed by atoms with Gasteiger partial charge in [0.05, 0.1) is 26.1 Å². The van der Waals surface area contributed by atoms with Crippen molar-refractivity contribution in [3.8, 4) is 0 Å². The van der Waals surface area contributed by atoms with E-state index in [1.54, 1.807) is 0 Å². The average molecular weight is 413 g/mol. The molecule has 0 aromatic carbocycles. The Morgan fingerprint density at radius 2 is 1.07 bits per heavy atom. The van der Waals surface area contributed by atoms with Crippen molar-refractivity contribution in [2.24, 2.45) is 10.8 Å². The molecule has 0 spiro atoms. The number of hydrogen-bond acceptors (Lipinski definition) is 6. The molecule has 0 amide bonds. The smallest absolute Gasteiger partial charge is 0.307 e. The van der Waals surface area contributed by atoms with Crippen molar-refractivity contribution < 1.29 is 19.1 Å². The van der Waals surface area contributed by atoms with Crippen LogP contribution in [0.2, 0.25) is 0 Å². The molecule has 0 radical (unpaired) electrons. The van der Waals surface area contributed by atoms with E-state index < -0.39 is 0 Å². The Balaban J connectivity index is 2.17. The molecule has 0 unspecified atom stereocenters. The molecule has 0 aliphatic carbocycles. The molecule has 0 bridgehead atoms. The monoisotopic (exact) mass is 412 g/mol. The zero-order valence-corrected chi connectivity index (χ0v) is 19.7. The van der Waals surface area contributed by atoms with Crippen molar-refractivity contribution in [1.82, 2.24) is 9.80 Å². The summed E-state index contributed by atoms with van der Waals surface area (Å²) < 4.78 is 10.7. The second-order valence-corrected chi connectivity index (χ2v) is 10.6. The molecule has 1 fully saturated rings. The molecule has 6 nitrogen and oxygen atoms in total. The maximum Gasteiger partial charge on any atom is 0.307 e. The molecule has 1 heterocycles. The van der Waals surface area contributed by atoms with E-state index in [0.29, 0.717) is 26.1 Å². The Hall–Kier alpha value is -1.14. The van der Waals surface area contributed by atoms with Crippen LogP contribution < -0.4 is 0 Å². The molecule has 1 saturated heterocycles. The molecule has 0 aromatic rings. The molecular weight excluding hydrogens is 368 g/mol. The second kappa shape index (κ2) is 12.5. The number of rotatable bonds is 10. The van der Waals surface area contributed by atoms with Gasteiger partial charge in [-0.3, -0.25) is 9.59 Å². The van der Waals surface area contributed by atoms with E-state index in [4.69, 9.17) is 9.47 Å².